The van der Waals surface area contributed by atoms with Crippen LogP contribution in [0.5, 0.6) is 5.75 Å². The zero-order chi connectivity index (χ0) is 16.9. The second kappa shape index (κ2) is 7.25. The van der Waals surface area contributed by atoms with Crippen LogP contribution in [0.3, 0.4) is 0 Å². The molecule has 1 fully saturated rings. The monoisotopic (exact) mass is 330 g/mol. The number of anilines is 1. The Bertz CT molecular complexity index is 708. The van der Waals surface area contributed by atoms with Crippen LogP contribution in [0, 0.1) is 5.82 Å². The van der Waals surface area contributed by atoms with Gasteiger partial charge in [0.25, 0.3) is 5.91 Å². The molecule has 2 N–H and O–H groups in total. The lowest BCUT2D eigenvalue weighted by Crippen LogP contribution is -2.41. The van der Waals surface area contributed by atoms with E-state index >= 15 is 0 Å². The van der Waals surface area contributed by atoms with E-state index < -0.39 is 0 Å². The molecule has 1 aromatic carbocycles. The van der Waals surface area contributed by atoms with E-state index in [-0.39, 0.29) is 30.2 Å². The van der Waals surface area contributed by atoms with Crippen LogP contribution in [-0.4, -0.2) is 40.5 Å². The van der Waals surface area contributed by atoms with E-state index in [2.05, 4.69) is 9.97 Å². The Morgan fingerprint density at radius 3 is 2.88 bits per heavy atom. The molecule has 1 aromatic heterocycles. The maximum absolute atomic E-state index is 12.9. The number of carbonyl (C=O) groups excluding carboxylic acids is 1. The van der Waals surface area contributed by atoms with Crippen molar-refractivity contribution in [3.8, 4) is 5.75 Å². The third kappa shape index (κ3) is 3.98. The molecule has 0 aliphatic carbocycles. The van der Waals surface area contributed by atoms with Gasteiger partial charge in [0, 0.05) is 25.2 Å². The molecule has 0 spiro atoms. The van der Waals surface area contributed by atoms with E-state index in [0.717, 1.165) is 18.5 Å². The maximum atomic E-state index is 12.9. The van der Waals surface area contributed by atoms with E-state index in [1.807, 2.05) is 6.07 Å². The van der Waals surface area contributed by atoms with Gasteiger partial charge in [0.05, 0.1) is 5.69 Å². The Labute approximate surface area is 139 Å². The van der Waals surface area contributed by atoms with Crippen LogP contribution >= 0.6 is 0 Å². The Morgan fingerprint density at radius 1 is 1.33 bits per heavy atom. The molecule has 2 heterocycles. The fourth-order valence-electron chi connectivity index (χ4n) is 2.83. The molecule has 1 saturated heterocycles. The van der Waals surface area contributed by atoms with Crippen molar-refractivity contribution in [2.75, 3.05) is 25.4 Å². The van der Waals surface area contributed by atoms with Crippen molar-refractivity contribution < 1.29 is 13.9 Å². The van der Waals surface area contributed by atoms with Crippen LogP contribution in [0.15, 0.2) is 36.5 Å². The molecule has 0 saturated carbocycles. The predicted molar refractivity (Wildman–Crippen MR) is 86.9 cm³/mol. The highest BCUT2D eigenvalue weighted by atomic mass is 19.1. The van der Waals surface area contributed by atoms with Crippen LogP contribution in [0.2, 0.25) is 0 Å². The number of benzene rings is 1. The number of halogens is 1. The lowest BCUT2D eigenvalue weighted by molar-refractivity contribution is -0.134. The smallest absolute Gasteiger partial charge is 0.260 e. The molecule has 1 amide bonds. The summed E-state index contributed by atoms with van der Waals surface area (Å²) in [5.74, 6) is 0.444. The summed E-state index contributed by atoms with van der Waals surface area (Å²) in [4.78, 5) is 22.3. The summed E-state index contributed by atoms with van der Waals surface area (Å²) in [6, 6.07) is 7.45. The number of ether oxygens (including phenoxy) is 1. The number of rotatable bonds is 4. The van der Waals surface area contributed by atoms with Gasteiger partial charge in [-0.2, -0.15) is 0 Å². The molecule has 126 valence electrons. The molecule has 0 bridgehead atoms. The standard InChI is InChI=1S/C17H19FN4O2/c18-13-3-5-14(6-4-13)24-11-16(23)22-9-1-2-12(10-22)15-7-8-20-17(19)21-15/h3-8,12H,1-2,9-11H2,(H2,19,20,21). The third-order valence-corrected chi connectivity index (χ3v) is 4.06. The third-order valence-electron chi connectivity index (χ3n) is 4.06. The number of nitrogens with two attached hydrogens (primary N) is 1. The highest BCUT2D eigenvalue weighted by Crippen LogP contribution is 2.25. The summed E-state index contributed by atoms with van der Waals surface area (Å²) < 4.78 is 18.3. The molecule has 24 heavy (non-hydrogen) atoms. The lowest BCUT2D eigenvalue weighted by Gasteiger charge is -2.32. The average molecular weight is 330 g/mol. The van der Waals surface area contributed by atoms with Crippen LogP contribution in [0.4, 0.5) is 10.3 Å². The molecule has 2 aromatic rings. The number of nitrogens with zero attached hydrogens (tertiary/aromatic N) is 3. The Morgan fingerprint density at radius 2 is 2.12 bits per heavy atom. The first-order valence-corrected chi connectivity index (χ1v) is 7.86. The van der Waals surface area contributed by atoms with Crippen molar-refractivity contribution in [1.82, 2.24) is 14.9 Å². The first-order valence-electron chi connectivity index (χ1n) is 7.86. The number of nitrogen functional groups attached to an aromatic ring is 1. The van der Waals surface area contributed by atoms with Gasteiger partial charge < -0.3 is 15.4 Å². The molecule has 1 aliphatic heterocycles. The zero-order valence-electron chi connectivity index (χ0n) is 13.2. The summed E-state index contributed by atoms with van der Waals surface area (Å²) in [6.45, 7) is 1.22. The molecule has 6 nitrogen and oxygen atoms in total. The number of hydrogen-bond acceptors (Lipinski definition) is 5. The second-order valence-electron chi connectivity index (χ2n) is 5.76. The van der Waals surface area contributed by atoms with Crippen LogP contribution < -0.4 is 10.5 Å². The fourth-order valence-corrected chi connectivity index (χ4v) is 2.83. The molecule has 1 aliphatic rings. The minimum absolute atomic E-state index is 0.0652. The first kappa shape index (κ1) is 16.2. The minimum Gasteiger partial charge on any atom is -0.484 e. The summed E-state index contributed by atoms with van der Waals surface area (Å²) >= 11 is 0. The quantitative estimate of drug-likeness (QED) is 0.927. The number of piperidine rings is 1. The second-order valence-corrected chi connectivity index (χ2v) is 5.76. The number of likely N-dealkylation sites (tertiary alicyclic amines) is 1. The summed E-state index contributed by atoms with van der Waals surface area (Å²) in [6.07, 6.45) is 3.49. The van der Waals surface area contributed by atoms with Gasteiger partial charge in [-0.05, 0) is 43.2 Å². The topological polar surface area (TPSA) is 81.3 Å². The van der Waals surface area contributed by atoms with E-state index in [9.17, 15) is 9.18 Å². The minimum atomic E-state index is -0.336. The predicted octanol–water partition coefficient (Wildman–Crippen LogP) is 1.98. The lowest BCUT2D eigenvalue weighted by atomic mass is 9.94. The Kier molecular flexibility index (Phi) is 4.88. The molecule has 1 atom stereocenters. The van der Waals surface area contributed by atoms with Crippen molar-refractivity contribution >= 4 is 11.9 Å². The van der Waals surface area contributed by atoms with Gasteiger partial charge in [0.1, 0.15) is 11.6 Å². The molecule has 7 heteroatoms. The van der Waals surface area contributed by atoms with Crippen molar-refractivity contribution in [3.63, 3.8) is 0 Å². The van der Waals surface area contributed by atoms with Crippen molar-refractivity contribution in [2.45, 2.75) is 18.8 Å². The van der Waals surface area contributed by atoms with E-state index in [4.69, 9.17) is 10.5 Å². The Hall–Kier alpha value is -2.70. The Balaban J connectivity index is 1.57. The molecule has 1 unspecified atom stereocenters. The molecular formula is C17H19FN4O2. The number of carbonyl (C=O) groups is 1. The van der Waals surface area contributed by atoms with Crippen LogP contribution in [0.25, 0.3) is 0 Å². The average Bonchev–Trinajstić information content (AvgIpc) is 2.61. The van der Waals surface area contributed by atoms with E-state index in [0.29, 0.717) is 18.8 Å². The summed E-state index contributed by atoms with van der Waals surface area (Å²) in [7, 11) is 0. The normalized spacial score (nSPS) is 17.5. The van der Waals surface area contributed by atoms with Crippen LogP contribution in [-0.2, 0) is 4.79 Å². The fraction of sp³-hybridized carbons (Fsp3) is 0.353. The number of amides is 1. The first-order chi connectivity index (χ1) is 11.6. The maximum Gasteiger partial charge on any atom is 0.260 e. The van der Waals surface area contributed by atoms with Crippen molar-refractivity contribution in [2.24, 2.45) is 0 Å². The van der Waals surface area contributed by atoms with Gasteiger partial charge in [-0.1, -0.05) is 0 Å². The van der Waals surface area contributed by atoms with Gasteiger partial charge in [-0.15, -0.1) is 0 Å². The van der Waals surface area contributed by atoms with Gasteiger partial charge in [0.15, 0.2) is 6.61 Å². The van der Waals surface area contributed by atoms with Crippen LogP contribution in [0.1, 0.15) is 24.5 Å². The van der Waals surface area contributed by atoms with Gasteiger partial charge >= 0.3 is 0 Å². The highest BCUT2D eigenvalue weighted by molar-refractivity contribution is 5.78. The SMILES string of the molecule is Nc1nccc(C2CCCN(C(=O)COc3ccc(F)cc3)C2)n1. The van der Waals surface area contributed by atoms with Gasteiger partial charge in [-0.3, -0.25) is 4.79 Å². The van der Waals surface area contributed by atoms with Gasteiger partial charge in [-0.25, -0.2) is 14.4 Å². The van der Waals surface area contributed by atoms with Crippen molar-refractivity contribution in [1.29, 1.82) is 0 Å². The number of hydrogen-bond donors (Lipinski definition) is 1. The summed E-state index contributed by atoms with van der Waals surface area (Å²) in [5, 5.41) is 0. The zero-order valence-corrected chi connectivity index (χ0v) is 13.2. The van der Waals surface area contributed by atoms with Crippen molar-refractivity contribution in [3.05, 3.63) is 48.0 Å². The molecule has 0 radical (unpaired) electrons. The van der Waals surface area contributed by atoms with E-state index in [1.54, 1.807) is 11.1 Å². The number of aromatic nitrogens is 2. The molecule has 3 rings (SSSR count). The molecular weight excluding hydrogens is 311 g/mol. The summed E-state index contributed by atoms with van der Waals surface area (Å²) in [5.41, 5.74) is 6.49. The van der Waals surface area contributed by atoms with Gasteiger partial charge in [0.2, 0.25) is 5.95 Å². The highest BCUT2D eigenvalue weighted by Gasteiger charge is 2.26. The van der Waals surface area contributed by atoms with E-state index in [1.165, 1.54) is 24.3 Å². The largest absolute Gasteiger partial charge is 0.484 e.